The summed E-state index contributed by atoms with van der Waals surface area (Å²) in [5.41, 5.74) is 0. The molecule has 0 radical (unpaired) electrons. The van der Waals surface area contributed by atoms with E-state index in [0.29, 0.717) is 12.0 Å². The molecule has 0 aromatic heterocycles. The molecule has 4 atom stereocenters. The Balaban J connectivity index is 3.69. The van der Waals surface area contributed by atoms with Gasteiger partial charge >= 0.3 is 0 Å². The maximum Gasteiger partial charge on any atom is 0.0441 e. The van der Waals surface area contributed by atoms with E-state index in [-0.39, 0.29) is 5.25 Å². The zero-order valence-electron chi connectivity index (χ0n) is 9.46. The number of hydrogen-bond acceptors (Lipinski definition) is 2. The number of hydrogen-bond donors (Lipinski definition) is 1. The van der Waals surface area contributed by atoms with Gasteiger partial charge in [0, 0.05) is 34.9 Å². The molecule has 3 heteroatoms. The molecule has 0 bridgehead atoms. The third-order valence-corrected chi connectivity index (χ3v) is 4.09. The lowest BCUT2D eigenvalue weighted by Crippen LogP contribution is -2.37. The van der Waals surface area contributed by atoms with Gasteiger partial charge in [0.25, 0.3) is 0 Å². The summed E-state index contributed by atoms with van der Waals surface area (Å²) in [6.45, 7) is 9.51. The summed E-state index contributed by atoms with van der Waals surface area (Å²) in [6.07, 6.45) is 2.96. The maximum atomic E-state index is 11.1. The fourth-order valence-electron chi connectivity index (χ4n) is 1.02. The summed E-state index contributed by atoms with van der Waals surface area (Å²) in [6, 6.07) is 0.524. The second kappa shape index (κ2) is 6.55. The predicted octanol–water partition coefficient (Wildman–Crippen LogP) is 1.78. The van der Waals surface area contributed by atoms with Crippen molar-refractivity contribution in [3.8, 4) is 0 Å². The van der Waals surface area contributed by atoms with E-state index in [9.17, 15) is 4.21 Å². The van der Waals surface area contributed by atoms with Crippen molar-refractivity contribution in [2.45, 2.75) is 45.4 Å². The first-order chi connectivity index (χ1) is 5.99. The van der Waals surface area contributed by atoms with Crippen LogP contribution in [0.4, 0.5) is 0 Å². The van der Waals surface area contributed by atoms with Crippen molar-refractivity contribution in [3.63, 3.8) is 0 Å². The van der Waals surface area contributed by atoms with Gasteiger partial charge in [-0.05, 0) is 19.8 Å². The van der Waals surface area contributed by atoms with Gasteiger partial charge in [-0.1, -0.05) is 20.3 Å². The van der Waals surface area contributed by atoms with Crippen molar-refractivity contribution in [2.24, 2.45) is 5.92 Å². The molecule has 0 amide bonds. The van der Waals surface area contributed by atoms with Gasteiger partial charge in [0.05, 0.1) is 0 Å². The molecule has 13 heavy (non-hydrogen) atoms. The zero-order chi connectivity index (χ0) is 10.4. The molecule has 0 rings (SSSR count). The smallest absolute Gasteiger partial charge is 0.0441 e. The van der Waals surface area contributed by atoms with Crippen molar-refractivity contribution in [1.82, 2.24) is 5.32 Å². The van der Waals surface area contributed by atoms with E-state index >= 15 is 0 Å². The predicted molar refractivity (Wildman–Crippen MR) is 60.4 cm³/mol. The van der Waals surface area contributed by atoms with E-state index < -0.39 is 10.8 Å². The van der Waals surface area contributed by atoms with Gasteiger partial charge in [-0.3, -0.25) is 4.21 Å². The lowest BCUT2D eigenvalue weighted by Gasteiger charge is -2.21. The minimum Gasteiger partial charge on any atom is -0.313 e. The van der Waals surface area contributed by atoms with Gasteiger partial charge in [-0.15, -0.1) is 0 Å². The Bertz CT molecular complexity index is 161. The topological polar surface area (TPSA) is 29.1 Å². The molecular weight excluding hydrogens is 182 g/mol. The van der Waals surface area contributed by atoms with Crippen LogP contribution in [0.25, 0.3) is 0 Å². The lowest BCUT2D eigenvalue weighted by atomic mass is 10.0. The van der Waals surface area contributed by atoms with Crippen LogP contribution in [0.3, 0.4) is 0 Å². The number of nitrogens with one attached hydrogen (secondary N) is 1. The summed E-state index contributed by atoms with van der Waals surface area (Å²) in [4.78, 5) is 0. The maximum absolute atomic E-state index is 11.1. The minimum atomic E-state index is -0.704. The molecule has 0 saturated carbocycles. The molecule has 4 unspecified atom stereocenters. The first-order valence-electron chi connectivity index (χ1n) is 5.04. The average molecular weight is 205 g/mol. The van der Waals surface area contributed by atoms with Crippen LogP contribution in [0.1, 0.15) is 34.1 Å². The van der Waals surface area contributed by atoms with E-state index in [0.717, 1.165) is 6.54 Å². The second-order valence-electron chi connectivity index (χ2n) is 3.89. The van der Waals surface area contributed by atoms with Crippen LogP contribution in [-0.2, 0) is 10.8 Å². The Labute approximate surface area is 84.9 Å². The average Bonchev–Trinajstić information content (AvgIpc) is 2.11. The SMILES string of the molecule is CCC(C)C(C)NCC(C)S(C)=O. The molecule has 0 aromatic carbocycles. The molecule has 0 aliphatic rings. The van der Waals surface area contributed by atoms with Gasteiger partial charge in [0.15, 0.2) is 0 Å². The standard InChI is InChI=1S/C10H23NOS/c1-6-8(2)10(4)11-7-9(3)13(5)12/h8-11H,6-7H2,1-5H3. The Morgan fingerprint density at radius 3 is 2.23 bits per heavy atom. The van der Waals surface area contributed by atoms with Crippen LogP contribution in [-0.4, -0.2) is 28.3 Å². The summed E-state index contributed by atoms with van der Waals surface area (Å²) in [7, 11) is -0.704. The molecule has 0 aromatic rings. The molecule has 0 fully saturated rings. The molecule has 80 valence electrons. The fraction of sp³-hybridized carbons (Fsp3) is 1.00. The Hall–Kier alpha value is 0.110. The van der Waals surface area contributed by atoms with Crippen LogP contribution >= 0.6 is 0 Å². The Kier molecular flexibility index (Phi) is 6.60. The quantitative estimate of drug-likeness (QED) is 0.716. The Morgan fingerprint density at radius 1 is 1.31 bits per heavy atom. The van der Waals surface area contributed by atoms with Crippen LogP contribution in [0, 0.1) is 5.92 Å². The normalized spacial score (nSPS) is 20.7. The van der Waals surface area contributed by atoms with Crippen LogP contribution in [0.15, 0.2) is 0 Å². The van der Waals surface area contributed by atoms with Crippen LogP contribution < -0.4 is 5.32 Å². The fourth-order valence-corrected chi connectivity index (χ4v) is 1.35. The van der Waals surface area contributed by atoms with Crippen molar-refractivity contribution in [3.05, 3.63) is 0 Å². The summed E-state index contributed by atoms with van der Waals surface area (Å²) < 4.78 is 11.1. The van der Waals surface area contributed by atoms with Crippen molar-refractivity contribution >= 4 is 10.8 Å². The van der Waals surface area contributed by atoms with Gasteiger partial charge in [-0.25, -0.2) is 0 Å². The summed E-state index contributed by atoms with van der Waals surface area (Å²) >= 11 is 0. The van der Waals surface area contributed by atoms with Gasteiger partial charge < -0.3 is 5.32 Å². The number of rotatable bonds is 6. The molecule has 2 nitrogen and oxygen atoms in total. The summed E-state index contributed by atoms with van der Waals surface area (Å²) in [5, 5.41) is 3.68. The Morgan fingerprint density at radius 2 is 1.85 bits per heavy atom. The van der Waals surface area contributed by atoms with E-state index in [4.69, 9.17) is 0 Å². The molecule has 0 saturated heterocycles. The zero-order valence-corrected chi connectivity index (χ0v) is 10.3. The molecule has 0 heterocycles. The molecule has 0 aliphatic heterocycles. The van der Waals surface area contributed by atoms with Gasteiger partial charge in [-0.2, -0.15) is 0 Å². The van der Waals surface area contributed by atoms with Crippen molar-refractivity contribution < 1.29 is 4.21 Å². The lowest BCUT2D eigenvalue weighted by molar-refractivity contribution is 0.392. The van der Waals surface area contributed by atoms with Gasteiger partial charge in [0.2, 0.25) is 0 Å². The highest BCUT2D eigenvalue weighted by Crippen LogP contribution is 2.06. The minimum absolute atomic E-state index is 0.256. The first-order valence-corrected chi connectivity index (χ1v) is 6.66. The van der Waals surface area contributed by atoms with Crippen LogP contribution in [0.5, 0.6) is 0 Å². The third kappa shape index (κ3) is 5.42. The van der Waals surface area contributed by atoms with E-state index in [2.05, 4.69) is 26.1 Å². The first kappa shape index (κ1) is 13.1. The monoisotopic (exact) mass is 205 g/mol. The van der Waals surface area contributed by atoms with E-state index in [1.54, 1.807) is 6.26 Å². The molecular formula is C10H23NOS. The molecule has 0 spiro atoms. The van der Waals surface area contributed by atoms with E-state index in [1.165, 1.54) is 6.42 Å². The summed E-state index contributed by atoms with van der Waals surface area (Å²) in [5.74, 6) is 0.692. The van der Waals surface area contributed by atoms with Crippen molar-refractivity contribution in [1.29, 1.82) is 0 Å². The largest absolute Gasteiger partial charge is 0.313 e. The highest BCUT2D eigenvalue weighted by Gasteiger charge is 2.12. The highest BCUT2D eigenvalue weighted by molar-refractivity contribution is 7.84. The van der Waals surface area contributed by atoms with Crippen molar-refractivity contribution in [2.75, 3.05) is 12.8 Å². The molecule has 1 N–H and O–H groups in total. The van der Waals surface area contributed by atoms with E-state index in [1.807, 2.05) is 6.92 Å². The highest BCUT2D eigenvalue weighted by atomic mass is 32.2. The second-order valence-corrected chi connectivity index (χ2v) is 5.69. The van der Waals surface area contributed by atoms with Gasteiger partial charge in [0.1, 0.15) is 0 Å². The molecule has 0 aliphatic carbocycles. The van der Waals surface area contributed by atoms with Crippen LogP contribution in [0.2, 0.25) is 0 Å². The third-order valence-electron chi connectivity index (χ3n) is 2.79.